The van der Waals surface area contributed by atoms with Gasteiger partial charge >= 0.3 is 0 Å². The molecule has 1 aromatic heterocycles. The van der Waals surface area contributed by atoms with Crippen molar-refractivity contribution in [3.05, 3.63) is 24.2 Å². The molecule has 3 N–H and O–H groups in total. The predicted molar refractivity (Wildman–Crippen MR) is 62.2 cm³/mol. The summed E-state index contributed by atoms with van der Waals surface area (Å²) in [6.07, 6.45) is 0.909. The molecule has 0 bridgehead atoms. The summed E-state index contributed by atoms with van der Waals surface area (Å²) >= 11 is 17.2. The zero-order valence-electron chi connectivity index (χ0n) is 8.54. The van der Waals surface area contributed by atoms with Gasteiger partial charge in [-0.3, -0.25) is 4.79 Å². The summed E-state index contributed by atoms with van der Waals surface area (Å²) in [7, 11) is 0. The Bertz CT molecular complexity index is 335. The summed E-state index contributed by atoms with van der Waals surface area (Å²) in [4.78, 5) is 10.9. The Labute approximate surface area is 108 Å². The molecular formula is C9H12Cl3N2O2+. The summed E-state index contributed by atoms with van der Waals surface area (Å²) in [5.74, 6) is 0.483. The van der Waals surface area contributed by atoms with Crippen molar-refractivity contribution < 1.29 is 14.5 Å². The Morgan fingerprint density at radius 3 is 2.75 bits per heavy atom. The summed E-state index contributed by atoms with van der Waals surface area (Å²) in [5.41, 5.74) is 0. The van der Waals surface area contributed by atoms with Crippen molar-refractivity contribution in [2.75, 3.05) is 0 Å². The molecule has 0 aliphatic carbocycles. The number of nitrogens with one attached hydrogen (secondary N) is 1. The van der Waals surface area contributed by atoms with E-state index in [0.717, 1.165) is 5.76 Å². The van der Waals surface area contributed by atoms with E-state index < -0.39 is 9.96 Å². The Morgan fingerprint density at radius 1 is 1.62 bits per heavy atom. The number of halogens is 3. The van der Waals surface area contributed by atoms with Gasteiger partial charge in [0, 0.05) is 6.92 Å². The molecule has 0 saturated heterocycles. The van der Waals surface area contributed by atoms with Gasteiger partial charge in [-0.2, -0.15) is 0 Å². The maximum atomic E-state index is 10.9. The second-order valence-electron chi connectivity index (χ2n) is 3.24. The molecule has 4 nitrogen and oxygen atoms in total. The molecular weight excluding hydrogens is 274 g/mol. The van der Waals surface area contributed by atoms with Gasteiger partial charge in [-0.25, -0.2) is 0 Å². The van der Waals surface area contributed by atoms with E-state index in [1.807, 2.05) is 0 Å². The van der Waals surface area contributed by atoms with Crippen molar-refractivity contribution in [3.8, 4) is 0 Å². The SMILES string of the molecule is CC(=O)NC([NH2+]Cc1ccco1)C(Cl)(Cl)Cl. The van der Waals surface area contributed by atoms with Crippen LogP contribution in [0.5, 0.6) is 0 Å². The van der Waals surface area contributed by atoms with Crippen molar-refractivity contribution in [2.24, 2.45) is 0 Å². The number of hydrogen-bond acceptors (Lipinski definition) is 2. The highest BCUT2D eigenvalue weighted by atomic mass is 35.6. The fraction of sp³-hybridized carbons (Fsp3) is 0.444. The van der Waals surface area contributed by atoms with Gasteiger partial charge in [0.1, 0.15) is 6.54 Å². The van der Waals surface area contributed by atoms with Crippen LogP contribution < -0.4 is 10.6 Å². The lowest BCUT2D eigenvalue weighted by Gasteiger charge is -2.22. The number of alkyl halides is 3. The van der Waals surface area contributed by atoms with Gasteiger partial charge in [0.25, 0.3) is 3.79 Å². The first kappa shape index (κ1) is 13.6. The molecule has 1 amide bonds. The van der Waals surface area contributed by atoms with E-state index in [0.29, 0.717) is 6.54 Å². The highest BCUT2D eigenvalue weighted by molar-refractivity contribution is 6.68. The largest absolute Gasteiger partial charge is 0.463 e. The summed E-state index contributed by atoms with van der Waals surface area (Å²) in [6.45, 7) is 1.84. The van der Waals surface area contributed by atoms with Gasteiger partial charge in [0.2, 0.25) is 12.1 Å². The van der Waals surface area contributed by atoms with E-state index in [4.69, 9.17) is 39.2 Å². The standard InChI is InChI=1S/C9H11Cl3N2O2/c1-6(15)14-8(9(10,11)12)13-5-7-3-2-4-16-7/h2-4,8,13H,5H2,1H3,(H,14,15)/p+1. The van der Waals surface area contributed by atoms with E-state index in [9.17, 15) is 4.79 Å². The molecule has 0 saturated carbocycles. The normalized spacial score (nSPS) is 13.5. The lowest BCUT2D eigenvalue weighted by Crippen LogP contribution is -2.95. The first-order chi connectivity index (χ1) is 7.39. The lowest BCUT2D eigenvalue weighted by molar-refractivity contribution is -0.708. The van der Waals surface area contributed by atoms with Crippen molar-refractivity contribution in [2.45, 2.75) is 23.4 Å². The highest BCUT2D eigenvalue weighted by Gasteiger charge is 2.36. The van der Waals surface area contributed by atoms with Gasteiger partial charge < -0.3 is 15.1 Å². The van der Waals surface area contributed by atoms with Crippen LogP contribution in [0.2, 0.25) is 0 Å². The quantitative estimate of drug-likeness (QED) is 0.645. The molecule has 0 spiro atoms. The third kappa shape index (κ3) is 4.61. The van der Waals surface area contributed by atoms with Gasteiger partial charge in [0.15, 0.2) is 5.76 Å². The Kier molecular flexibility index (Phi) is 4.92. The fourth-order valence-electron chi connectivity index (χ4n) is 1.16. The molecule has 1 atom stereocenters. The van der Waals surface area contributed by atoms with Crippen LogP contribution in [0, 0.1) is 0 Å². The van der Waals surface area contributed by atoms with E-state index in [1.54, 1.807) is 23.7 Å². The molecule has 0 aliphatic rings. The number of nitrogens with two attached hydrogens (primary N) is 1. The zero-order valence-corrected chi connectivity index (χ0v) is 10.8. The number of carbonyl (C=O) groups is 1. The number of furan rings is 1. The molecule has 0 aromatic carbocycles. The van der Waals surface area contributed by atoms with Gasteiger partial charge in [-0.1, -0.05) is 34.8 Å². The van der Waals surface area contributed by atoms with Crippen molar-refractivity contribution in [3.63, 3.8) is 0 Å². The molecule has 90 valence electrons. The van der Waals surface area contributed by atoms with Crippen LogP contribution in [0.15, 0.2) is 22.8 Å². The van der Waals surface area contributed by atoms with E-state index in [-0.39, 0.29) is 5.91 Å². The molecule has 0 radical (unpaired) electrons. The van der Waals surface area contributed by atoms with Crippen LogP contribution in [0.4, 0.5) is 0 Å². The molecule has 1 heterocycles. The van der Waals surface area contributed by atoms with Crippen LogP contribution in [0.1, 0.15) is 12.7 Å². The number of rotatable bonds is 4. The van der Waals surface area contributed by atoms with Crippen LogP contribution >= 0.6 is 34.8 Å². The lowest BCUT2D eigenvalue weighted by atomic mass is 10.4. The third-order valence-electron chi connectivity index (χ3n) is 1.85. The first-order valence-electron chi connectivity index (χ1n) is 4.59. The molecule has 1 aromatic rings. The van der Waals surface area contributed by atoms with Gasteiger partial charge in [-0.15, -0.1) is 0 Å². The monoisotopic (exact) mass is 285 g/mol. The Morgan fingerprint density at radius 2 is 2.31 bits per heavy atom. The average Bonchev–Trinajstić information content (AvgIpc) is 2.62. The zero-order chi connectivity index (χ0) is 12.2. The van der Waals surface area contributed by atoms with Gasteiger partial charge in [0.05, 0.1) is 6.26 Å². The van der Waals surface area contributed by atoms with Crippen molar-refractivity contribution in [1.29, 1.82) is 0 Å². The number of amides is 1. The number of quaternary nitrogens is 1. The molecule has 1 rings (SSSR count). The van der Waals surface area contributed by atoms with E-state index in [1.165, 1.54) is 6.92 Å². The van der Waals surface area contributed by atoms with Crippen LogP contribution in [0.3, 0.4) is 0 Å². The Hall–Kier alpha value is -0.420. The molecule has 16 heavy (non-hydrogen) atoms. The summed E-state index contributed by atoms with van der Waals surface area (Å²) in [5, 5.41) is 4.24. The maximum absolute atomic E-state index is 10.9. The van der Waals surface area contributed by atoms with Crippen molar-refractivity contribution in [1.82, 2.24) is 5.32 Å². The van der Waals surface area contributed by atoms with E-state index in [2.05, 4.69) is 5.32 Å². The smallest absolute Gasteiger partial charge is 0.262 e. The minimum Gasteiger partial charge on any atom is -0.463 e. The minimum atomic E-state index is -1.57. The topological polar surface area (TPSA) is 58.9 Å². The first-order valence-corrected chi connectivity index (χ1v) is 5.72. The minimum absolute atomic E-state index is 0.257. The summed E-state index contributed by atoms with van der Waals surface area (Å²) in [6, 6.07) is 3.58. The number of hydrogen-bond donors (Lipinski definition) is 2. The van der Waals surface area contributed by atoms with Gasteiger partial charge in [-0.05, 0) is 12.1 Å². The summed E-state index contributed by atoms with van der Waals surface area (Å²) < 4.78 is 3.56. The second-order valence-corrected chi connectivity index (χ2v) is 5.61. The van der Waals surface area contributed by atoms with E-state index >= 15 is 0 Å². The van der Waals surface area contributed by atoms with Crippen LogP contribution in [0.25, 0.3) is 0 Å². The van der Waals surface area contributed by atoms with Crippen LogP contribution in [-0.2, 0) is 11.3 Å². The Balaban J connectivity index is 2.54. The molecule has 1 unspecified atom stereocenters. The molecule has 7 heteroatoms. The highest BCUT2D eigenvalue weighted by Crippen LogP contribution is 2.27. The fourth-order valence-corrected chi connectivity index (χ4v) is 1.59. The molecule has 0 aliphatic heterocycles. The number of carbonyl (C=O) groups excluding carboxylic acids is 1. The predicted octanol–water partition coefficient (Wildman–Crippen LogP) is 1.18. The maximum Gasteiger partial charge on any atom is 0.262 e. The molecule has 0 fully saturated rings. The average molecular weight is 287 g/mol. The second kappa shape index (κ2) is 5.77. The third-order valence-corrected chi connectivity index (χ3v) is 2.55. The van der Waals surface area contributed by atoms with Crippen LogP contribution in [-0.4, -0.2) is 15.9 Å². The van der Waals surface area contributed by atoms with Crippen molar-refractivity contribution >= 4 is 40.7 Å².